The molecule has 0 spiro atoms. The predicted molar refractivity (Wildman–Crippen MR) is 79.5 cm³/mol. The van der Waals surface area contributed by atoms with Crippen LogP contribution in [0.15, 0.2) is 42.5 Å². The summed E-state index contributed by atoms with van der Waals surface area (Å²) in [5, 5.41) is 0. The molecule has 0 aliphatic rings. The van der Waals surface area contributed by atoms with Crippen molar-refractivity contribution in [2.45, 2.75) is 26.6 Å². The minimum atomic E-state index is -4.28. The molecule has 0 heterocycles. The quantitative estimate of drug-likeness (QED) is 0.773. The number of hydrogen-bond donors (Lipinski definition) is 0. The molecule has 0 amide bonds. The molecule has 0 aliphatic carbocycles. The summed E-state index contributed by atoms with van der Waals surface area (Å²) in [6, 6.07) is 11.5. The molecule has 0 unspecified atom stereocenters. The molecular formula is C17H18F3N. The SMILES string of the molecule is Cc1cc(C)cc(N(C)Cc2ccc(C(F)(F)F)cc2)c1. The van der Waals surface area contributed by atoms with Gasteiger partial charge in [0.25, 0.3) is 0 Å². The molecule has 0 saturated heterocycles. The third-order valence-corrected chi connectivity index (χ3v) is 3.35. The van der Waals surface area contributed by atoms with E-state index in [0.29, 0.717) is 6.54 Å². The fourth-order valence-electron chi connectivity index (χ4n) is 2.34. The van der Waals surface area contributed by atoms with Gasteiger partial charge in [0.15, 0.2) is 0 Å². The third kappa shape index (κ3) is 4.00. The molecule has 112 valence electrons. The highest BCUT2D eigenvalue weighted by molar-refractivity contribution is 5.50. The first-order chi connectivity index (χ1) is 9.75. The van der Waals surface area contributed by atoms with Crippen molar-refractivity contribution in [3.63, 3.8) is 0 Å². The average Bonchev–Trinajstić information content (AvgIpc) is 2.37. The van der Waals surface area contributed by atoms with Crippen molar-refractivity contribution < 1.29 is 13.2 Å². The lowest BCUT2D eigenvalue weighted by atomic mass is 10.1. The minimum Gasteiger partial charge on any atom is -0.370 e. The Morgan fingerprint density at radius 2 is 1.43 bits per heavy atom. The summed E-state index contributed by atoms with van der Waals surface area (Å²) in [5.74, 6) is 0. The smallest absolute Gasteiger partial charge is 0.370 e. The van der Waals surface area contributed by atoms with E-state index in [1.807, 2.05) is 25.8 Å². The van der Waals surface area contributed by atoms with Crippen molar-refractivity contribution in [2.24, 2.45) is 0 Å². The Labute approximate surface area is 123 Å². The second-order valence-corrected chi connectivity index (χ2v) is 5.40. The second kappa shape index (κ2) is 5.80. The van der Waals surface area contributed by atoms with Gasteiger partial charge in [0.1, 0.15) is 0 Å². The molecule has 4 heteroatoms. The molecule has 1 nitrogen and oxygen atoms in total. The lowest BCUT2D eigenvalue weighted by molar-refractivity contribution is -0.137. The molecule has 2 rings (SSSR count). The molecule has 0 aromatic heterocycles. The molecule has 0 aliphatic heterocycles. The molecule has 0 saturated carbocycles. The van der Waals surface area contributed by atoms with E-state index < -0.39 is 11.7 Å². The summed E-state index contributed by atoms with van der Waals surface area (Å²) in [6.45, 7) is 4.63. The summed E-state index contributed by atoms with van der Waals surface area (Å²) in [7, 11) is 1.94. The van der Waals surface area contributed by atoms with Crippen LogP contribution in [0.4, 0.5) is 18.9 Å². The standard InChI is InChI=1S/C17H18F3N/c1-12-8-13(2)10-16(9-12)21(3)11-14-4-6-15(7-5-14)17(18,19)20/h4-10H,11H2,1-3H3. The zero-order chi connectivity index (χ0) is 15.6. The molecule has 21 heavy (non-hydrogen) atoms. The van der Waals surface area contributed by atoms with Crippen LogP contribution in [-0.2, 0) is 12.7 Å². The molecule has 0 N–H and O–H groups in total. The van der Waals surface area contributed by atoms with Crippen molar-refractivity contribution in [2.75, 3.05) is 11.9 Å². The molecule has 2 aromatic carbocycles. The van der Waals surface area contributed by atoms with E-state index in [1.54, 1.807) is 0 Å². The highest BCUT2D eigenvalue weighted by atomic mass is 19.4. The van der Waals surface area contributed by atoms with Crippen LogP contribution in [0.1, 0.15) is 22.3 Å². The first-order valence-electron chi connectivity index (χ1n) is 6.71. The van der Waals surface area contributed by atoms with Gasteiger partial charge in [-0.05, 0) is 54.8 Å². The predicted octanol–water partition coefficient (Wildman–Crippen LogP) is 4.96. The topological polar surface area (TPSA) is 3.24 Å². The number of anilines is 1. The Bertz CT molecular complexity index is 595. The van der Waals surface area contributed by atoms with Gasteiger partial charge in [-0.2, -0.15) is 13.2 Å². The number of alkyl halides is 3. The van der Waals surface area contributed by atoms with Gasteiger partial charge >= 0.3 is 6.18 Å². The second-order valence-electron chi connectivity index (χ2n) is 5.40. The Hall–Kier alpha value is -1.97. The van der Waals surface area contributed by atoms with Gasteiger partial charge in [-0.25, -0.2) is 0 Å². The fourth-order valence-corrected chi connectivity index (χ4v) is 2.34. The van der Waals surface area contributed by atoms with E-state index in [4.69, 9.17) is 0 Å². The maximum absolute atomic E-state index is 12.5. The third-order valence-electron chi connectivity index (χ3n) is 3.35. The van der Waals surface area contributed by atoms with Gasteiger partial charge in [-0.3, -0.25) is 0 Å². The van der Waals surface area contributed by atoms with Crippen molar-refractivity contribution >= 4 is 5.69 Å². The zero-order valence-electron chi connectivity index (χ0n) is 12.3. The fraction of sp³-hybridized carbons (Fsp3) is 0.294. The lowest BCUT2D eigenvalue weighted by Crippen LogP contribution is -2.16. The van der Waals surface area contributed by atoms with Gasteiger partial charge in [-0.1, -0.05) is 18.2 Å². The van der Waals surface area contributed by atoms with E-state index in [2.05, 4.69) is 18.2 Å². The van der Waals surface area contributed by atoms with Crippen LogP contribution in [0.3, 0.4) is 0 Å². The first kappa shape index (κ1) is 15.4. The Morgan fingerprint density at radius 1 is 0.905 bits per heavy atom. The summed E-state index contributed by atoms with van der Waals surface area (Å²) >= 11 is 0. The van der Waals surface area contributed by atoms with E-state index in [9.17, 15) is 13.2 Å². The van der Waals surface area contributed by atoms with Crippen molar-refractivity contribution in [1.82, 2.24) is 0 Å². The van der Waals surface area contributed by atoms with Gasteiger partial charge < -0.3 is 4.90 Å². The number of nitrogens with zero attached hydrogens (tertiary/aromatic N) is 1. The van der Waals surface area contributed by atoms with E-state index in [0.717, 1.165) is 23.4 Å². The van der Waals surface area contributed by atoms with E-state index >= 15 is 0 Å². The Morgan fingerprint density at radius 3 is 1.90 bits per heavy atom. The Balaban J connectivity index is 2.14. The van der Waals surface area contributed by atoms with Gasteiger partial charge in [0.05, 0.1) is 5.56 Å². The van der Waals surface area contributed by atoms with Gasteiger partial charge in [0.2, 0.25) is 0 Å². The van der Waals surface area contributed by atoms with Gasteiger partial charge in [0, 0.05) is 19.3 Å². The Kier molecular flexibility index (Phi) is 4.26. The summed E-state index contributed by atoms with van der Waals surface area (Å²) in [5.41, 5.74) is 3.64. The van der Waals surface area contributed by atoms with Gasteiger partial charge in [-0.15, -0.1) is 0 Å². The first-order valence-corrected chi connectivity index (χ1v) is 6.71. The lowest BCUT2D eigenvalue weighted by Gasteiger charge is -2.21. The number of rotatable bonds is 3. The van der Waals surface area contributed by atoms with Crippen molar-refractivity contribution in [1.29, 1.82) is 0 Å². The van der Waals surface area contributed by atoms with Crippen LogP contribution in [0, 0.1) is 13.8 Å². The van der Waals surface area contributed by atoms with E-state index in [-0.39, 0.29) is 0 Å². The average molecular weight is 293 g/mol. The van der Waals surface area contributed by atoms with E-state index in [1.165, 1.54) is 23.3 Å². The number of halogens is 3. The summed E-state index contributed by atoms with van der Waals surface area (Å²) in [6.07, 6.45) is -4.28. The normalized spacial score (nSPS) is 11.5. The monoisotopic (exact) mass is 293 g/mol. The molecule has 0 atom stereocenters. The summed E-state index contributed by atoms with van der Waals surface area (Å²) < 4.78 is 37.6. The van der Waals surface area contributed by atoms with Crippen LogP contribution >= 0.6 is 0 Å². The highest BCUT2D eigenvalue weighted by Crippen LogP contribution is 2.29. The molecule has 2 aromatic rings. The molecule has 0 radical (unpaired) electrons. The maximum atomic E-state index is 12.5. The maximum Gasteiger partial charge on any atom is 0.416 e. The van der Waals surface area contributed by atoms with Crippen molar-refractivity contribution in [3.8, 4) is 0 Å². The number of benzene rings is 2. The summed E-state index contributed by atoms with van der Waals surface area (Å²) in [4.78, 5) is 2.03. The van der Waals surface area contributed by atoms with Crippen LogP contribution in [0.25, 0.3) is 0 Å². The largest absolute Gasteiger partial charge is 0.416 e. The molecule has 0 bridgehead atoms. The number of hydrogen-bond acceptors (Lipinski definition) is 1. The zero-order valence-corrected chi connectivity index (χ0v) is 12.3. The minimum absolute atomic E-state index is 0.570. The van der Waals surface area contributed by atoms with Crippen molar-refractivity contribution in [3.05, 3.63) is 64.7 Å². The molecule has 0 fully saturated rings. The van der Waals surface area contributed by atoms with Crippen LogP contribution in [0.2, 0.25) is 0 Å². The highest BCUT2D eigenvalue weighted by Gasteiger charge is 2.29. The van der Waals surface area contributed by atoms with Crippen LogP contribution in [0.5, 0.6) is 0 Å². The molecular weight excluding hydrogens is 275 g/mol. The van der Waals surface area contributed by atoms with Crippen LogP contribution in [-0.4, -0.2) is 7.05 Å². The number of aryl methyl sites for hydroxylation is 2. The van der Waals surface area contributed by atoms with Crippen LogP contribution < -0.4 is 4.90 Å².